The molecule has 1 aromatic heterocycles. The molecule has 6 rings (SSSR count). The number of furan rings is 1. The molecule has 2 bridgehead atoms. The van der Waals surface area contributed by atoms with Crippen molar-refractivity contribution < 1.29 is 26.9 Å². The van der Waals surface area contributed by atoms with Gasteiger partial charge in [0.25, 0.3) is 16.0 Å². The predicted molar refractivity (Wildman–Crippen MR) is 132 cm³/mol. The number of fused-ring (bicyclic) bond motifs is 3. The highest BCUT2D eigenvalue weighted by atomic mass is 32.2. The van der Waals surface area contributed by atoms with Crippen molar-refractivity contribution in [2.45, 2.75) is 30.7 Å². The molecule has 3 saturated heterocycles. The molecule has 186 valence electrons. The SMILES string of the molecule is COc1cccc(-c2ccc(C(=O)N[C@H]3CN4CCC3CC4)o2)c1.Cc1ccc(S(=O)(=O)O)cc1. The van der Waals surface area contributed by atoms with Crippen molar-refractivity contribution in [1.29, 1.82) is 0 Å². The summed E-state index contributed by atoms with van der Waals surface area (Å²) in [6, 6.07) is 17.4. The van der Waals surface area contributed by atoms with Crippen LogP contribution in [0.25, 0.3) is 11.3 Å². The Morgan fingerprint density at radius 1 is 1.09 bits per heavy atom. The Morgan fingerprint density at radius 2 is 1.80 bits per heavy atom. The number of benzene rings is 2. The highest BCUT2D eigenvalue weighted by molar-refractivity contribution is 7.85. The molecule has 3 aliphatic rings. The summed E-state index contributed by atoms with van der Waals surface area (Å²) >= 11 is 0. The fourth-order valence-electron chi connectivity index (χ4n) is 4.47. The van der Waals surface area contributed by atoms with Gasteiger partial charge in [0.15, 0.2) is 5.76 Å². The van der Waals surface area contributed by atoms with E-state index in [0.717, 1.165) is 36.5 Å². The Morgan fingerprint density at radius 3 is 2.40 bits per heavy atom. The summed E-state index contributed by atoms with van der Waals surface area (Å²) in [6.45, 7) is 5.13. The fraction of sp³-hybridized carbons (Fsp3) is 0.346. The summed E-state index contributed by atoms with van der Waals surface area (Å²) in [7, 11) is -2.39. The van der Waals surface area contributed by atoms with Gasteiger partial charge in [-0.25, -0.2) is 0 Å². The van der Waals surface area contributed by atoms with E-state index in [-0.39, 0.29) is 16.8 Å². The van der Waals surface area contributed by atoms with Crippen LogP contribution in [0.15, 0.2) is 70.0 Å². The maximum Gasteiger partial charge on any atom is 0.294 e. The first-order valence-electron chi connectivity index (χ1n) is 11.5. The number of nitrogens with zero attached hydrogens (tertiary/aromatic N) is 1. The number of nitrogens with one attached hydrogen (secondary N) is 1. The molecule has 3 aliphatic heterocycles. The van der Waals surface area contributed by atoms with E-state index in [1.54, 1.807) is 25.3 Å². The van der Waals surface area contributed by atoms with Gasteiger partial charge >= 0.3 is 0 Å². The number of piperidine rings is 3. The summed E-state index contributed by atoms with van der Waals surface area (Å²) in [5, 5.41) is 3.15. The first kappa shape index (κ1) is 25.0. The number of carbonyl (C=O) groups excluding carboxylic acids is 1. The fourth-order valence-corrected chi connectivity index (χ4v) is 4.95. The van der Waals surface area contributed by atoms with Crippen molar-refractivity contribution in [3.05, 3.63) is 72.0 Å². The van der Waals surface area contributed by atoms with Gasteiger partial charge in [0.1, 0.15) is 11.5 Å². The Bertz CT molecular complexity index is 1260. The molecule has 2 N–H and O–H groups in total. The van der Waals surface area contributed by atoms with Crippen LogP contribution in [-0.2, 0) is 10.1 Å². The largest absolute Gasteiger partial charge is 0.497 e. The average molecular weight is 499 g/mol. The Kier molecular flexibility index (Phi) is 7.59. The van der Waals surface area contributed by atoms with Crippen LogP contribution in [0.4, 0.5) is 0 Å². The van der Waals surface area contributed by atoms with E-state index in [1.807, 2.05) is 37.3 Å². The molecule has 3 fully saturated rings. The molecule has 9 heteroatoms. The molecule has 1 atom stereocenters. The van der Waals surface area contributed by atoms with Gasteiger partial charge in [-0.2, -0.15) is 8.42 Å². The van der Waals surface area contributed by atoms with Crippen LogP contribution >= 0.6 is 0 Å². The standard InChI is InChI=1S/C19H22N2O3.C7H8O3S/c1-23-15-4-2-3-14(11-15)17-5-6-18(24-17)19(22)20-16-12-21-9-7-13(16)8-10-21;1-6-2-4-7(5-3-6)11(8,9)10/h2-6,11,13,16H,7-10,12H2,1H3,(H,20,22);2-5H,1H3,(H,8,9,10)/t16-;/m0./s1. The number of methoxy groups -OCH3 is 1. The van der Waals surface area contributed by atoms with Gasteiger partial charge in [-0.15, -0.1) is 0 Å². The van der Waals surface area contributed by atoms with Crippen LogP contribution in [-0.4, -0.2) is 56.6 Å². The zero-order chi connectivity index (χ0) is 25.0. The molecular weight excluding hydrogens is 468 g/mol. The first-order chi connectivity index (χ1) is 16.7. The number of rotatable bonds is 5. The molecule has 0 saturated carbocycles. The van der Waals surface area contributed by atoms with Crippen molar-refractivity contribution in [2.75, 3.05) is 26.7 Å². The quantitative estimate of drug-likeness (QED) is 0.512. The van der Waals surface area contributed by atoms with E-state index in [0.29, 0.717) is 17.4 Å². The van der Waals surface area contributed by atoms with Gasteiger partial charge in [-0.05, 0) is 75.2 Å². The van der Waals surface area contributed by atoms with Crippen molar-refractivity contribution in [3.63, 3.8) is 0 Å². The Hall–Kier alpha value is -3.14. The Balaban J connectivity index is 0.000000221. The molecule has 4 heterocycles. The van der Waals surface area contributed by atoms with Gasteiger partial charge in [0.2, 0.25) is 0 Å². The molecule has 8 nitrogen and oxygen atoms in total. The third-order valence-electron chi connectivity index (χ3n) is 6.48. The molecule has 0 spiro atoms. The van der Waals surface area contributed by atoms with E-state index >= 15 is 0 Å². The lowest BCUT2D eigenvalue weighted by molar-refractivity contribution is 0.0606. The minimum atomic E-state index is -4.02. The summed E-state index contributed by atoms with van der Waals surface area (Å²) in [5.41, 5.74) is 1.86. The van der Waals surface area contributed by atoms with Crippen LogP contribution in [0.1, 0.15) is 29.0 Å². The van der Waals surface area contributed by atoms with E-state index in [1.165, 1.54) is 25.0 Å². The number of aryl methyl sites for hydroxylation is 1. The third kappa shape index (κ3) is 6.30. The second-order valence-electron chi connectivity index (χ2n) is 8.90. The van der Waals surface area contributed by atoms with Crippen LogP contribution in [0.5, 0.6) is 5.75 Å². The maximum absolute atomic E-state index is 12.5. The number of amides is 1. The highest BCUT2D eigenvalue weighted by Crippen LogP contribution is 2.29. The highest BCUT2D eigenvalue weighted by Gasteiger charge is 2.35. The zero-order valence-electron chi connectivity index (χ0n) is 19.8. The normalized spacial score (nSPS) is 21.1. The van der Waals surface area contributed by atoms with E-state index in [4.69, 9.17) is 13.7 Å². The number of ether oxygens (including phenoxy) is 1. The predicted octanol–water partition coefficient (Wildman–Crippen LogP) is 4.02. The van der Waals surface area contributed by atoms with Crippen molar-refractivity contribution >= 4 is 16.0 Å². The minimum absolute atomic E-state index is 0.0666. The van der Waals surface area contributed by atoms with E-state index < -0.39 is 10.1 Å². The lowest BCUT2D eigenvalue weighted by Crippen LogP contribution is -2.57. The summed E-state index contributed by atoms with van der Waals surface area (Å²) in [6.07, 6.45) is 2.36. The summed E-state index contributed by atoms with van der Waals surface area (Å²) < 4.78 is 40.6. The topological polar surface area (TPSA) is 109 Å². The molecule has 2 aromatic carbocycles. The van der Waals surface area contributed by atoms with E-state index in [9.17, 15) is 13.2 Å². The molecule has 0 radical (unpaired) electrons. The maximum atomic E-state index is 12.5. The molecular formula is C26H30N2O6S. The second kappa shape index (κ2) is 10.6. The second-order valence-corrected chi connectivity index (χ2v) is 10.3. The lowest BCUT2D eigenvalue weighted by Gasteiger charge is -2.44. The minimum Gasteiger partial charge on any atom is -0.497 e. The zero-order valence-corrected chi connectivity index (χ0v) is 20.6. The molecule has 0 unspecified atom stereocenters. The summed E-state index contributed by atoms with van der Waals surface area (Å²) in [5.74, 6) is 2.29. The Labute approximate surface area is 205 Å². The number of hydrogen-bond donors (Lipinski definition) is 2. The smallest absolute Gasteiger partial charge is 0.294 e. The molecule has 35 heavy (non-hydrogen) atoms. The number of carbonyl (C=O) groups is 1. The van der Waals surface area contributed by atoms with Crippen LogP contribution in [0, 0.1) is 12.8 Å². The van der Waals surface area contributed by atoms with Gasteiger partial charge in [-0.3, -0.25) is 9.35 Å². The monoisotopic (exact) mass is 498 g/mol. The third-order valence-corrected chi connectivity index (χ3v) is 7.34. The van der Waals surface area contributed by atoms with Crippen LogP contribution in [0.2, 0.25) is 0 Å². The van der Waals surface area contributed by atoms with Gasteiger partial charge in [-0.1, -0.05) is 29.8 Å². The van der Waals surface area contributed by atoms with Crippen molar-refractivity contribution in [2.24, 2.45) is 5.92 Å². The average Bonchev–Trinajstić information content (AvgIpc) is 3.36. The van der Waals surface area contributed by atoms with Crippen molar-refractivity contribution in [3.8, 4) is 17.1 Å². The molecule has 0 aliphatic carbocycles. The van der Waals surface area contributed by atoms with Gasteiger partial charge in [0.05, 0.1) is 12.0 Å². The number of hydrogen-bond acceptors (Lipinski definition) is 6. The molecule has 1 amide bonds. The van der Waals surface area contributed by atoms with Crippen LogP contribution < -0.4 is 10.1 Å². The van der Waals surface area contributed by atoms with Crippen LogP contribution in [0.3, 0.4) is 0 Å². The van der Waals surface area contributed by atoms with Gasteiger partial charge in [0, 0.05) is 18.2 Å². The summed E-state index contributed by atoms with van der Waals surface area (Å²) in [4.78, 5) is 14.9. The van der Waals surface area contributed by atoms with Gasteiger partial charge < -0.3 is 19.4 Å². The van der Waals surface area contributed by atoms with Crippen molar-refractivity contribution in [1.82, 2.24) is 10.2 Å². The van der Waals surface area contributed by atoms with E-state index in [2.05, 4.69) is 10.2 Å². The molecule has 3 aromatic rings. The first-order valence-corrected chi connectivity index (χ1v) is 13.0. The lowest BCUT2D eigenvalue weighted by atomic mass is 9.84.